The number of carbonyl (C=O) groups is 3. The highest BCUT2D eigenvalue weighted by molar-refractivity contribution is 7.09. The summed E-state index contributed by atoms with van der Waals surface area (Å²) in [6.07, 6.45) is 0. The van der Waals surface area contributed by atoms with Crippen LogP contribution in [0.2, 0.25) is 0 Å². The fourth-order valence-corrected chi connectivity index (χ4v) is 1.08. The Balaban J connectivity index is 2.19. The van der Waals surface area contributed by atoms with Crippen LogP contribution in [0.3, 0.4) is 0 Å². The van der Waals surface area contributed by atoms with E-state index in [1.807, 2.05) is 0 Å². The summed E-state index contributed by atoms with van der Waals surface area (Å²) in [7, 11) is 0. The molecular formula is C6H8N6O4S. The molecule has 1 aromatic heterocycles. The van der Waals surface area contributed by atoms with Crippen molar-refractivity contribution in [3.63, 3.8) is 0 Å². The molecular weight excluding hydrogens is 252 g/mol. The van der Waals surface area contributed by atoms with Crippen molar-refractivity contribution in [3.05, 3.63) is 0 Å². The molecule has 0 saturated carbocycles. The van der Waals surface area contributed by atoms with Gasteiger partial charge >= 0.3 is 12.0 Å². The van der Waals surface area contributed by atoms with Crippen LogP contribution in [0.25, 0.3) is 0 Å². The Hall–Kier alpha value is -2.30. The molecule has 1 rings (SSSR count). The number of carbonyl (C=O) groups excluding carboxylic acids is 2. The third-order valence-electron chi connectivity index (χ3n) is 1.37. The lowest BCUT2D eigenvalue weighted by Gasteiger charge is -2.04. The van der Waals surface area contributed by atoms with Crippen LogP contribution in [0.1, 0.15) is 0 Å². The van der Waals surface area contributed by atoms with E-state index in [0.29, 0.717) is 0 Å². The van der Waals surface area contributed by atoms with Crippen molar-refractivity contribution in [1.29, 1.82) is 0 Å². The minimum atomic E-state index is -1.16. The Bertz CT molecular complexity index is 407. The lowest BCUT2D eigenvalue weighted by molar-refractivity contribution is -0.137. The molecule has 0 bridgehead atoms. The van der Waals surface area contributed by atoms with Crippen LogP contribution in [0.15, 0.2) is 0 Å². The molecule has 0 unspecified atom stereocenters. The molecule has 0 aromatic carbocycles. The van der Waals surface area contributed by atoms with E-state index in [-0.39, 0.29) is 11.7 Å². The van der Waals surface area contributed by atoms with Gasteiger partial charge in [-0.05, 0) is 5.21 Å². The van der Waals surface area contributed by atoms with E-state index in [0.717, 1.165) is 11.5 Å². The maximum Gasteiger partial charge on any atom is 0.322 e. The lowest BCUT2D eigenvalue weighted by Crippen LogP contribution is -2.40. The average Bonchev–Trinajstić information content (AvgIpc) is 2.76. The van der Waals surface area contributed by atoms with Gasteiger partial charge in [-0.15, -0.1) is 0 Å². The maximum atomic E-state index is 11.1. The van der Waals surface area contributed by atoms with Gasteiger partial charge in [0.05, 0.1) is 6.54 Å². The van der Waals surface area contributed by atoms with Gasteiger partial charge in [-0.1, -0.05) is 9.59 Å². The fraction of sp³-hybridized carbons (Fsp3) is 0.333. The van der Waals surface area contributed by atoms with Crippen molar-refractivity contribution < 1.29 is 19.5 Å². The van der Waals surface area contributed by atoms with Crippen molar-refractivity contribution in [1.82, 2.24) is 25.4 Å². The molecule has 3 amide bonds. The molecule has 4 N–H and O–H groups in total. The highest BCUT2D eigenvalue weighted by atomic mass is 32.1. The first-order valence-corrected chi connectivity index (χ1v) is 5.03. The van der Waals surface area contributed by atoms with Gasteiger partial charge in [0.1, 0.15) is 6.54 Å². The van der Waals surface area contributed by atoms with Crippen LogP contribution in [0, 0.1) is 0 Å². The Labute approximate surface area is 98.6 Å². The van der Waals surface area contributed by atoms with Crippen LogP contribution in [-0.2, 0) is 9.59 Å². The summed E-state index contributed by atoms with van der Waals surface area (Å²) in [4.78, 5) is 32.3. The zero-order chi connectivity index (χ0) is 12.7. The lowest BCUT2D eigenvalue weighted by atomic mass is 10.5. The van der Waals surface area contributed by atoms with Gasteiger partial charge in [0.15, 0.2) is 0 Å². The molecule has 0 aliphatic heterocycles. The van der Waals surface area contributed by atoms with E-state index >= 15 is 0 Å². The van der Waals surface area contributed by atoms with E-state index in [1.165, 1.54) is 0 Å². The van der Waals surface area contributed by atoms with Crippen molar-refractivity contribution in [2.75, 3.05) is 18.4 Å². The van der Waals surface area contributed by atoms with Gasteiger partial charge in [-0.3, -0.25) is 14.9 Å². The molecule has 0 radical (unpaired) electrons. The summed E-state index contributed by atoms with van der Waals surface area (Å²) in [5.74, 6) is -1.78. The van der Waals surface area contributed by atoms with Gasteiger partial charge in [0.25, 0.3) is 0 Å². The number of hydrogen-bond donors (Lipinski definition) is 4. The molecule has 1 heterocycles. The summed E-state index contributed by atoms with van der Waals surface area (Å²) < 4.78 is 3.41. The number of aliphatic carboxylic acids is 1. The quantitative estimate of drug-likeness (QED) is 0.491. The molecule has 1 aromatic rings. The Kier molecular flexibility index (Phi) is 4.75. The second kappa shape index (κ2) is 6.32. The third-order valence-corrected chi connectivity index (χ3v) is 1.88. The Morgan fingerprint density at radius 2 is 2.00 bits per heavy atom. The van der Waals surface area contributed by atoms with Crippen molar-refractivity contribution in [2.24, 2.45) is 0 Å². The molecule has 0 aliphatic rings. The van der Waals surface area contributed by atoms with Crippen molar-refractivity contribution in [3.8, 4) is 0 Å². The van der Waals surface area contributed by atoms with Crippen LogP contribution in [0.4, 0.5) is 9.93 Å². The first kappa shape index (κ1) is 12.8. The number of amides is 3. The zero-order valence-electron chi connectivity index (χ0n) is 8.34. The SMILES string of the molecule is O=C(O)CNC(=O)CNC(=O)Nc1nnns1. The smallest absolute Gasteiger partial charge is 0.322 e. The molecule has 11 heteroatoms. The van der Waals surface area contributed by atoms with E-state index < -0.39 is 24.5 Å². The highest BCUT2D eigenvalue weighted by Gasteiger charge is 2.08. The van der Waals surface area contributed by atoms with Gasteiger partial charge < -0.3 is 15.7 Å². The normalized spacial score (nSPS) is 9.41. The number of hydrogen-bond acceptors (Lipinski definition) is 7. The number of urea groups is 1. The van der Waals surface area contributed by atoms with Gasteiger partial charge in [0.2, 0.25) is 11.0 Å². The maximum absolute atomic E-state index is 11.1. The topological polar surface area (TPSA) is 146 Å². The van der Waals surface area contributed by atoms with E-state index in [1.54, 1.807) is 0 Å². The van der Waals surface area contributed by atoms with E-state index in [9.17, 15) is 14.4 Å². The predicted molar refractivity (Wildman–Crippen MR) is 55.4 cm³/mol. The summed E-state index contributed by atoms with van der Waals surface area (Å²) in [6, 6.07) is -0.658. The molecule has 92 valence electrons. The first-order chi connectivity index (χ1) is 8.08. The highest BCUT2D eigenvalue weighted by Crippen LogP contribution is 2.03. The molecule has 0 aliphatic carbocycles. The molecule has 0 atom stereocenters. The molecule has 0 fully saturated rings. The number of carboxylic acid groups (broad SMARTS) is 1. The molecule has 0 spiro atoms. The fourth-order valence-electron chi connectivity index (χ4n) is 0.720. The second-order valence-corrected chi connectivity index (χ2v) is 3.38. The molecule has 17 heavy (non-hydrogen) atoms. The number of carboxylic acids is 1. The number of anilines is 1. The van der Waals surface area contributed by atoms with Crippen molar-refractivity contribution in [2.45, 2.75) is 0 Å². The minimum absolute atomic E-state index is 0.188. The summed E-state index contributed by atoms with van der Waals surface area (Å²) >= 11 is 0.877. The van der Waals surface area contributed by atoms with Gasteiger partial charge in [-0.2, -0.15) is 0 Å². The monoisotopic (exact) mass is 260 g/mol. The minimum Gasteiger partial charge on any atom is -0.480 e. The number of rotatable bonds is 5. The average molecular weight is 260 g/mol. The molecule has 10 nitrogen and oxygen atoms in total. The molecule has 0 saturated heterocycles. The van der Waals surface area contributed by atoms with Gasteiger partial charge in [-0.25, -0.2) is 4.79 Å². The van der Waals surface area contributed by atoms with E-state index in [4.69, 9.17) is 5.11 Å². The second-order valence-electron chi connectivity index (χ2n) is 2.65. The standard InChI is InChI=1S/C6H8N6O4S/c13-3(7-2-4(14)15)1-8-5(16)9-6-10-11-12-17-6/h1-2H2,(H,7,13)(H,14,15)(H2,8,9,10,12,16). The van der Waals surface area contributed by atoms with Gasteiger partial charge in [0, 0.05) is 11.5 Å². The van der Waals surface area contributed by atoms with Crippen LogP contribution in [0.5, 0.6) is 0 Å². The zero-order valence-corrected chi connectivity index (χ0v) is 9.15. The summed E-state index contributed by atoms with van der Waals surface area (Å²) in [5.41, 5.74) is 0. The van der Waals surface area contributed by atoms with Crippen LogP contribution >= 0.6 is 11.5 Å². The van der Waals surface area contributed by atoms with E-state index in [2.05, 4.69) is 30.8 Å². The Morgan fingerprint density at radius 3 is 2.59 bits per heavy atom. The Morgan fingerprint density at radius 1 is 1.24 bits per heavy atom. The summed E-state index contributed by atoms with van der Waals surface area (Å²) in [5, 5.41) is 21.7. The number of nitrogens with zero attached hydrogens (tertiary/aromatic N) is 3. The van der Waals surface area contributed by atoms with Crippen LogP contribution < -0.4 is 16.0 Å². The number of aromatic nitrogens is 3. The third kappa shape index (κ3) is 5.36. The predicted octanol–water partition coefficient (Wildman–Crippen LogP) is -1.74. The first-order valence-electron chi connectivity index (χ1n) is 4.26. The number of nitrogens with one attached hydrogen (secondary N) is 3. The summed E-state index contributed by atoms with van der Waals surface area (Å²) in [6.45, 7) is -0.839. The van der Waals surface area contributed by atoms with Crippen LogP contribution in [-0.4, -0.2) is 50.9 Å². The van der Waals surface area contributed by atoms with Crippen molar-refractivity contribution >= 4 is 34.6 Å². The largest absolute Gasteiger partial charge is 0.480 e.